The molecule has 1 aromatic rings. The third-order valence-corrected chi connectivity index (χ3v) is 0.607. The van der Waals surface area contributed by atoms with Crippen LogP contribution in [0.3, 0.4) is 0 Å². The number of rotatable bonds is 0. The fourth-order valence-corrected chi connectivity index (χ4v) is 0.342. The quantitative estimate of drug-likeness (QED) is 0.468. The molecule has 4 nitrogen and oxygen atoms in total. The summed E-state index contributed by atoms with van der Waals surface area (Å²) in [4.78, 5) is 0. The molecule has 0 atom stereocenters. The molecule has 0 spiro atoms. The van der Waals surface area contributed by atoms with Gasteiger partial charge in [-0.2, -0.15) is 36.4 Å². The maximum Gasteiger partial charge on any atom is 0 e. The minimum absolute atomic E-state index is 0. The SMILES string of the molecule is [Mo].[NH2-].[NH2-].[NH2-].[NH2-].[c-]1ccccc1. The predicted octanol–water partition coefficient (Wildman–Crippen LogP) is 4.35. The van der Waals surface area contributed by atoms with E-state index < -0.39 is 0 Å². The van der Waals surface area contributed by atoms with E-state index in [4.69, 9.17) is 0 Å². The molecule has 11 heavy (non-hydrogen) atoms. The third-order valence-electron chi connectivity index (χ3n) is 0.607. The van der Waals surface area contributed by atoms with Crippen LogP contribution >= 0.6 is 0 Å². The molecule has 0 aliphatic carbocycles. The molecule has 0 fully saturated rings. The van der Waals surface area contributed by atoms with Crippen molar-refractivity contribution < 1.29 is 21.1 Å². The van der Waals surface area contributed by atoms with Gasteiger partial charge >= 0.3 is 0 Å². The molecular formula is C6H13MoN4-5. The molecule has 0 heterocycles. The topological polar surface area (TPSA) is 134 Å². The molecule has 1 aromatic carbocycles. The Morgan fingerprint density at radius 2 is 1.00 bits per heavy atom. The zero-order valence-electron chi connectivity index (χ0n) is 6.10. The van der Waals surface area contributed by atoms with Crippen molar-refractivity contribution in [1.82, 2.24) is 0 Å². The molecule has 0 amide bonds. The van der Waals surface area contributed by atoms with Crippen LogP contribution in [0.5, 0.6) is 0 Å². The molecule has 0 saturated carbocycles. The van der Waals surface area contributed by atoms with Crippen molar-refractivity contribution in [3.8, 4) is 0 Å². The number of benzene rings is 1. The van der Waals surface area contributed by atoms with Crippen LogP contribution in [0.15, 0.2) is 30.3 Å². The molecule has 0 aliphatic heterocycles. The van der Waals surface area contributed by atoms with E-state index >= 15 is 0 Å². The summed E-state index contributed by atoms with van der Waals surface area (Å²) in [6.07, 6.45) is 0. The van der Waals surface area contributed by atoms with Gasteiger partial charge in [0.25, 0.3) is 0 Å². The van der Waals surface area contributed by atoms with Gasteiger partial charge in [-0.1, -0.05) is 0 Å². The van der Waals surface area contributed by atoms with E-state index in [1.165, 1.54) is 0 Å². The Balaban J connectivity index is -0.0000000240. The van der Waals surface area contributed by atoms with Gasteiger partial charge in [0, 0.05) is 21.1 Å². The smallest absolute Gasteiger partial charge is 0 e. The van der Waals surface area contributed by atoms with E-state index in [-0.39, 0.29) is 45.7 Å². The van der Waals surface area contributed by atoms with Gasteiger partial charge in [0.1, 0.15) is 0 Å². The zero-order chi connectivity index (χ0) is 4.24. The van der Waals surface area contributed by atoms with Crippen molar-refractivity contribution in [3.05, 3.63) is 61.0 Å². The van der Waals surface area contributed by atoms with Crippen molar-refractivity contribution in [2.75, 3.05) is 0 Å². The van der Waals surface area contributed by atoms with E-state index in [2.05, 4.69) is 6.07 Å². The van der Waals surface area contributed by atoms with Crippen molar-refractivity contribution >= 4 is 0 Å². The molecule has 0 radical (unpaired) electrons. The first-order valence-electron chi connectivity index (χ1n) is 1.91. The van der Waals surface area contributed by atoms with Crippen LogP contribution in [-0.4, -0.2) is 0 Å². The van der Waals surface area contributed by atoms with Crippen LogP contribution in [0.25, 0.3) is 24.6 Å². The zero-order valence-corrected chi connectivity index (χ0v) is 8.11. The Labute approximate surface area is 82.4 Å². The normalized spacial score (nSPS) is 4.36. The minimum Gasteiger partial charge on any atom is -0.693 e. The fraction of sp³-hybridized carbons (Fsp3) is 0. The summed E-state index contributed by atoms with van der Waals surface area (Å²) < 4.78 is 0. The van der Waals surface area contributed by atoms with Gasteiger partial charge in [-0.3, -0.25) is 0 Å². The van der Waals surface area contributed by atoms with E-state index in [0.29, 0.717) is 0 Å². The van der Waals surface area contributed by atoms with Gasteiger partial charge in [-0.05, 0) is 0 Å². The first-order chi connectivity index (χ1) is 3.00. The maximum absolute atomic E-state index is 2.89. The second-order valence-electron chi connectivity index (χ2n) is 1.08. The number of hydrogen-bond acceptors (Lipinski definition) is 0. The van der Waals surface area contributed by atoms with Gasteiger partial charge in [-0.15, -0.1) is 0 Å². The monoisotopic (exact) mass is 239 g/mol. The molecular weight excluding hydrogens is 224 g/mol. The molecule has 8 N–H and O–H groups in total. The summed E-state index contributed by atoms with van der Waals surface area (Å²) in [7, 11) is 0. The largest absolute Gasteiger partial charge is 0.693 e. The summed E-state index contributed by atoms with van der Waals surface area (Å²) in [5.41, 5.74) is 0. The van der Waals surface area contributed by atoms with Crippen molar-refractivity contribution in [2.24, 2.45) is 0 Å². The van der Waals surface area contributed by atoms with Gasteiger partial charge in [0.15, 0.2) is 0 Å². The third kappa shape index (κ3) is 17.7. The Morgan fingerprint density at radius 1 is 0.636 bits per heavy atom. The van der Waals surface area contributed by atoms with Crippen LogP contribution in [0.4, 0.5) is 0 Å². The van der Waals surface area contributed by atoms with Crippen LogP contribution in [0.1, 0.15) is 0 Å². The standard InChI is InChI=1S/C6H5.Mo.4H2N/c1-2-4-6-5-3-1;;;;;/h1-5H;;4*1H2/q-1;;4*-1. The summed E-state index contributed by atoms with van der Waals surface area (Å²) in [6.45, 7) is 0. The summed E-state index contributed by atoms with van der Waals surface area (Å²) in [6, 6.07) is 12.5. The van der Waals surface area contributed by atoms with Gasteiger partial charge in [0.2, 0.25) is 0 Å². The summed E-state index contributed by atoms with van der Waals surface area (Å²) in [5.74, 6) is 0. The Morgan fingerprint density at radius 3 is 1.09 bits per heavy atom. The number of hydrogen-bond donors (Lipinski definition) is 0. The Bertz CT molecular complexity index is 86.5. The molecule has 68 valence electrons. The second-order valence-corrected chi connectivity index (χ2v) is 1.08. The molecule has 0 aliphatic rings. The van der Waals surface area contributed by atoms with Crippen molar-refractivity contribution in [2.45, 2.75) is 0 Å². The maximum atomic E-state index is 2.89. The average Bonchev–Trinajstić information content (AvgIpc) is 1.72. The molecule has 0 bridgehead atoms. The van der Waals surface area contributed by atoms with Gasteiger partial charge in [0.05, 0.1) is 0 Å². The molecule has 0 unspecified atom stereocenters. The van der Waals surface area contributed by atoms with Gasteiger partial charge in [-0.25, -0.2) is 0 Å². The Kier molecular flexibility index (Phi) is 63.4. The predicted molar refractivity (Wildman–Crippen MR) is 46.4 cm³/mol. The number of nitrogens with two attached hydrogens (primary N) is 4. The fourth-order valence-electron chi connectivity index (χ4n) is 0.342. The van der Waals surface area contributed by atoms with E-state index in [0.717, 1.165) is 0 Å². The minimum atomic E-state index is 0. The van der Waals surface area contributed by atoms with Gasteiger partial charge < -0.3 is 24.6 Å². The molecule has 1 rings (SSSR count). The Hall–Kier alpha value is -0.252. The molecule has 0 saturated heterocycles. The van der Waals surface area contributed by atoms with Crippen LogP contribution in [0.2, 0.25) is 0 Å². The van der Waals surface area contributed by atoms with Crippen LogP contribution in [0, 0.1) is 6.07 Å². The second kappa shape index (κ2) is 22.6. The summed E-state index contributed by atoms with van der Waals surface area (Å²) >= 11 is 0. The van der Waals surface area contributed by atoms with Crippen molar-refractivity contribution in [3.63, 3.8) is 0 Å². The van der Waals surface area contributed by atoms with E-state index in [9.17, 15) is 0 Å². The van der Waals surface area contributed by atoms with E-state index in [1.807, 2.05) is 30.3 Å². The van der Waals surface area contributed by atoms with Crippen LogP contribution < -0.4 is 0 Å². The first-order valence-corrected chi connectivity index (χ1v) is 1.91. The summed E-state index contributed by atoms with van der Waals surface area (Å²) in [5, 5.41) is 0. The van der Waals surface area contributed by atoms with E-state index in [1.54, 1.807) is 0 Å². The average molecular weight is 237 g/mol. The molecule has 0 aromatic heterocycles. The van der Waals surface area contributed by atoms with Crippen molar-refractivity contribution in [1.29, 1.82) is 0 Å². The van der Waals surface area contributed by atoms with Crippen LogP contribution in [-0.2, 0) is 21.1 Å². The molecule has 5 heteroatoms. The first kappa shape index (κ1) is 30.9.